The summed E-state index contributed by atoms with van der Waals surface area (Å²) in [4.78, 5) is 22.0. The fourth-order valence-corrected chi connectivity index (χ4v) is 3.64. The van der Waals surface area contributed by atoms with E-state index in [1.165, 1.54) is 0 Å². The van der Waals surface area contributed by atoms with Gasteiger partial charge in [0.05, 0.1) is 5.75 Å². The SMILES string of the molecule is O=C(NCC[C@H](O)C(=O)O)C1CCCCS1(=O)=O. The van der Waals surface area contributed by atoms with Crippen LogP contribution in [0.15, 0.2) is 0 Å². The number of carbonyl (C=O) groups is 2. The summed E-state index contributed by atoms with van der Waals surface area (Å²) < 4.78 is 23.2. The molecule has 3 N–H and O–H groups in total. The Kier molecular flexibility index (Phi) is 5.09. The zero-order valence-corrected chi connectivity index (χ0v) is 10.6. The monoisotopic (exact) mass is 279 g/mol. The lowest BCUT2D eigenvalue weighted by Gasteiger charge is -2.21. The summed E-state index contributed by atoms with van der Waals surface area (Å²) in [5.41, 5.74) is 0. The predicted octanol–water partition coefficient (Wildman–Crippen LogP) is -1.09. The van der Waals surface area contributed by atoms with Crippen LogP contribution in [0, 0.1) is 0 Å². The second-order valence-corrected chi connectivity index (χ2v) is 6.59. The van der Waals surface area contributed by atoms with Gasteiger partial charge in [-0.3, -0.25) is 4.79 Å². The van der Waals surface area contributed by atoms with E-state index in [1.54, 1.807) is 0 Å². The molecule has 0 aliphatic carbocycles. The van der Waals surface area contributed by atoms with Crippen molar-refractivity contribution >= 4 is 21.7 Å². The van der Waals surface area contributed by atoms with Gasteiger partial charge in [0.15, 0.2) is 15.9 Å². The van der Waals surface area contributed by atoms with Crippen LogP contribution < -0.4 is 5.32 Å². The highest BCUT2D eigenvalue weighted by Gasteiger charge is 2.34. The number of rotatable bonds is 5. The van der Waals surface area contributed by atoms with Crippen LogP contribution in [0.5, 0.6) is 0 Å². The number of sulfone groups is 1. The van der Waals surface area contributed by atoms with E-state index < -0.39 is 33.1 Å². The average molecular weight is 279 g/mol. The average Bonchev–Trinajstić information content (AvgIpc) is 2.27. The lowest BCUT2D eigenvalue weighted by atomic mass is 10.2. The highest BCUT2D eigenvalue weighted by atomic mass is 32.2. The number of carboxylic acids is 1. The normalized spacial score (nSPS) is 24.2. The molecule has 1 saturated heterocycles. The Morgan fingerprint density at radius 1 is 1.33 bits per heavy atom. The van der Waals surface area contributed by atoms with Crippen molar-refractivity contribution in [2.75, 3.05) is 12.3 Å². The molecule has 2 atom stereocenters. The van der Waals surface area contributed by atoms with Crippen molar-refractivity contribution in [3.8, 4) is 0 Å². The Balaban J connectivity index is 2.43. The van der Waals surface area contributed by atoms with Gasteiger partial charge < -0.3 is 15.5 Å². The van der Waals surface area contributed by atoms with E-state index in [-0.39, 0.29) is 18.7 Å². The third-order valence-corrected chi connectivity index (χ3v) is 5.05. The molecule has 0 spiro atoms. The molecule has 0 aromatic heterocycles. The molecular formula is C10H17NO6S. The first-order valence-electron chi connectivity index (χ1n) is 5.75. The first-order chi connectivity index (χ1) is 8.34. The third kappa shape index (κ3) is 3.95. The molecule has 7 nitrogen and oxygen atoms in total. The summed E-state index contributed by atoms with van der Waals surface area (Å²) >= 11 is 0. The largest absolute Gasteiger partial charge is 0.479 e. The second kappa shape index (κ2) is 6.14. The molecule has 1 rings (SSSR count). The molecule has 1 heterocycles. The summed E-state index contributed by atoms with van der Waals surface area (Å²) in [6.07, 6.45) is -0.129. The van der Waals surface area contributed by atoms with Gasteiger partial charge in [-0.2, -0.15) is 0 Å². The van der Waals surface area contributed by atoms with Crippen molar-refractivity contribution in [3.63, 3.8) is 0 Å². The number of hydrogen-bond acceptors (Lipinski definition) is 5. The Morgan fingerprint density at radius 2 is 2.00 bits per heavy atom. The zero-order valence-electron chi connectivity index (χ0n) is 9.83. The summed E-state index contributed by atoms with van der Waals surface area (Å²) in [6.45, 7) is -0.0572. The number of hydrogen-bond donors (Lipinski definition) is 3. The molecule has 0 radical (unpaired) electrons. The molecule has 0 aromatic carbocycles. The lowest BCUT2D eigenvalue weighted by Crippen LogP contribution is -2.43. The quantitative estimate of drug-likeness (QED) is 0.588. The second-order valence-electron chi connectivity index (χ2n) is 4.29. The third-order valence-electron chi connectivity index (χ3n) is 2.87. The van der Waals surface area contributed by atoms with E-state index in [9.17, 15) is 18.0 Å². The molecule has 1 unspecified atom stereocenters. The van der Waals surface area contributed by atoms with E-state index in [1.807, 2.05) is 0 Å². The van der Waals surface area contributed by atoms with Gasteiger partial charge in [-0.05, 0) is 12.8 Å². The van der Waals surface area contributed by atoms with Gasteiger partial charge in [0, 0.05) is 13.0 Å². The summed E-state index contributed by atoms with van der Waals surface area (Å²) in [5, 5.41) is 18.7. The molecule has 0 bridgehead atoms. The molecule has 1 aliphatic rings. The minimum absolute atomic E-state index is 0.0167. The van der Waals surface area contributed by atoms with Crippen LogP contribution >= 0.6 is 0 Å². The van der Waals surface area contributed by atoms with Crippen molar-refractivity contribution in [1.82, 2.24) is 5.32 Å². The molecule has 0 saturated carbocycles. The van der Waals surface area contributed by atoms with Gasteiger partial charge in [0.1, 0.15) is 5.25 Å². The predicted molar refractivity (Wildman–Crippen MR) is 62.7 cm³/mol. The van der Waals surface area contributed by atoms with Crippen LogP contribution in [0.4, 0.5) is 0 Å². The smallest absolute Gasteiger partial charge is 0.332 e. The van der Waals surface area contributed by atoms with Crippen LogP contribution in [-0.2, 0) is 19.4 Å². The fraction of sp³-hybridized carbons (Fsp3) is 0.800. The number of aliphatic carboxylic acids is 1. The van der Waals surface area contributed by atoms with E-state index in [0.717, 1.165) is 0 Å². The van der Waals surface area contributed by atoms with E-state index in [0.29, 0.717) is 19.3 Å². The van der Waals surface area contributed by atoms with Gasteiger partial charge >= 0.3 is 5.97 Å². The van der Waals surface area contributed by atoms with Crippen LogP contribution in [0.1, 0.15) is 25.7 Å². The topological polar surface area (TPSA) is 121 Å². The number of amides is 1. The number of carboxylic acid groups (broad SMARTS) is 1. The van der Waals surface area contributed by atoms with Gasteiger partial charge in [0.2, 0.25) is 5.91 Å². The Bertz CT molecular complexity index is 418. The highest BCUT2D eigenvalue weighted by Crippen LogP contribution is 2.19. The van der Waals surface area contributed by atoms with Crippen molar-refractivity contribution in [2.24, 2.45) is 0 Å². The lowest BCUT2D eigenvalue weighted by molar-refractivity contribution is -0.147. The molecule has 18 heavy (non-hydrogen) atoms. The zero-order chi connectivity index (χ0) is 13.8. The molecule has 1 aliphatic heterocycles. The Morgan fingerprint density at radius 3 is 2.56 bits per heavy atom. The maximum Gasteiger partial charge on any atom is 0.332 e. The van der Waals surface area contributed by atoms with Gasteiger partial charge in [-0.1, -0.05) is 6.42 Å². The number of aliphatic hydroxyl groups excluding tert-OH is 1. The van der Waals surface area contributed by atoms with Crippen LogP contribution in [0.2, 0.25) is 0 Å². The Hall–Kier alpha value is -1.15. The molecular weight excluding hydrogens is 262 g/mol. The molecule has 1 amide bonds. The van der Waals surface area contributed by atoms with Crippen LogP contribution in [0.3, 0.4) is 0 Å². The fourth-order valence-electron chi connectivity index (χ4n) is 1.82. The Labute approximate surface area is 105 Å². The maximum atomic E-state index is 11.6. The number of aliphatic hydroxyl groups is 1. The highest BCUT2D eigenvalue weighted by molar-refractivity contribution is 7.92. The minimum Gasteiger partial charge on any atom is -0.479 e. The molecule has 104 valence electrons. The van der Waals surface area contributed by atoms with Crippen molar-refractivity contribution in [1.29, 1.82) is 0 Å². The molecule has 8 heteroatoms. The summed E-state index contributed by atoms with van der Waals surface area (Å²) in [6, 6.07) is 0. The minimum atomic E-state index is -3.38. The van der Waals surface area contributed by atoms with Crippen LogP contribution in [-0.4, -0.2) is 54.2 Å². The number of nitrogens with one attached hydrogen (secondary N) is 1. The van der Waals surface area contributed by atoms with Crippen molar-refractivity contribution < 1.29 is 28.2 Å². The summed E-state index contributed by atoms with van der Waals surface area (Å²) in [7, 11) is -3.38. The van der Waals surface area contributed by atoms with Crippen molar-refractivity contribution in [3.05, 3.63) is 0 Å². The van der Waals surface area contributed by atoms with E-state index >= 15 is 0 Å². The first-order valence-corrected chi connectivity index (χ1v) is 7.46. The van der Waals surface area contributed by atoms with E-state index in [4.69, 9.17) is 10.2 Å². The van der Waals surface area contributed by atoms with Gasteiger partial charge in [-0.15, -0.1) is 0 Å². The van der Waals surface area contributed by atoms with Crippen LogP contribution in [0.25, 0.3) is 0 Å². The first kappa shape index (κ1) is 14.9. The maximum absolute atomic E-state index is 11.6. The summed E-state index contributed by atoms with van der Waals surface area (Å²) in [5.74, 6) is -1.95. The van der Waals surface area contributed by atoms with E-state index in [2.05, 4.69) is 5.32 Å². The van der Waals surface area contributed by atoms with Crippen molar-refractivity contribution in [2.45, 2.75) is 37.0 Å². The molecule has 0 aromatic rings. The standard InChI is InChI=1S/C10H17NO6S/c12-7(10(14)15)4-5-11-9(13)8-3-1-2-6-18(8,16)17/h7-8,12H,1-6H2,(H,11,13)(H,14,15)/t7-,8?/m0/s1. The number of carbonyl (C=O) groups excluding carboxylic acids is 1. The van der Waals surface area contributed by atoms with Gasteiger partial charge in [0.25, 0.3) is 0 Å². The van der Waals surface area contributed by atoms with Gasteiger partial charge in [-0.25, -0.2) is 13.2 Å². The molecule has 1 fully saturated rings.